The van der Waals surface area contributed by atoms with Gasteiger partial charge in [0.1, 0.15) is 0 Å². The summed E-state index contributed by atoms with van der Waals surface area (Å²) in [7, 11) is 0. The average Bonchev–Trinajstić information content (AvgIpc) is 2.39. The van der Waals surface area contributed by atoms with Gasteiger partial charge in [-0.3, -0.25) is 9.78 Å². The van der Waals surface area contributed by atoms with Gasteiger partial charge in [0.05, 0.1) is 12.1 Å². The highest BCUT2D eigenvalue weighted by Crippen LogP contribution is 2.17. The van der Waals surface area contributed by atoms with Crippen molar-refractivity contribution in [3.05, 3.63) is 42.1 Å². The summed E-state index contributed by atoms with van der Waals surface area (Å²) in [6, 6.07) is 10.2. The minimum absolute atomic E-state index is 0.502. The van der Waals surface area contributed by atoms with E-state index in [0.717, 1.165) is 24.8 Å². The van der Waals surface area contributed by atoms with E-state index >= 15 is 0 Å². The Morgan fingerprint density at radius 1 is 1.18 bits per heavy atom. The van der Waals surface area contributed by atoms with E-state index in [4.69, 9.17) is 0 Å². The van der Waals surface area contributed by atoms with Crippen LogP contribution in [0.25, 0.3) is 10.9 Å². The molecule has 1 aromatic heterocycles. The van der Waals surface area contributed by atoms with Gasteiger partial charge in [-0.2, -0.15) is 0 Å². The van der Waals surface area contributed by atoms with Crippen LogP contribution in [0.4, 0.5) is 0 Å². The van der Waals surface area contributed by atoms with Crippen LogP contribution in [0.3, 0.4) is 0 Å². The number of pyridine rings is 1. The van der Waals surface area contributed by atoms with Gasteiger partial charge in [-0.05, 0) is 37.0 Å². The van der Waals surface area contributed by atoms with Gasteiger partial charge in [0.25, 0.3) is 6.47 Å². The van der Waals surface area contributed by atoms with Gasteiger partial charge < -0.3 is 4.74 Å². The predicted molar refractivity (Wildman–Crippen MR) is 66.7 cm³/mol. The van der Waals surface area contributed by atoms with Crippen molar-refractivity contribution in [1.29, 1.82) is 0 Å². The first-order valence-corrected chi connectivity index (χ1v) is 5.79. The van der Waals surface area contributed by atoms with Crippen LogP contribution in [0.5, 0.6) is 0 Å². The van der Waals surface area contributed by atoms with Gasteiger partial charge in [0.15, 0.2) is 0 Å². The molecule has 1 aromatic carbocycles. The number of ether oxygens (including phenoxy) is 1. The summed E-state index contributed by atoms with van der Waals surface area (Å²) >= 11 is 0. The fraction of sp³-hybridized carbons (Fsp3) is 0.286. The van der Waals surface area contributed by atoms with E-state index in [9.17, 15) is 4.79 Å². The lowest BCUT2D eigenvalue weighted by molar-refractivity contribution is -0.128. The van der Waals surface area contributed by atoms with E-state index in [1.165, 1.54) is 10.9 Å². The molecule has 0 aliphatic carbocycles. The van der Waals surface area contributed by atoms with E-state index in [1.807, 2.05) is 24.4 Å². The molecule has 3 heteroatoms. The van der Waals surface area contributed by atoms with Crippen LogP contribution in [0.2, 0.25) is 0 Å². The molecule has 0 bridgehead atoms. The number of rotatable bonds is 6. The Morgan fingerprint density at radius 3 is 2.94 bits per heavy atom. The smallest absolute Gasteiger partial charge is 0.293 e. The highest BCUT2D eigenvalue weighted by atomic mass is 16.5. The van der Waals surface area contributed by atoms with Gasteiger partial charge in [0, 0.05) is 11.6 Å². The fourth-order valence-electron chi connectivity index (χ4n) is 1.92. The number of hydrogen-bond acceptors (Lipinski definition) is 3. The van der Waals surface area contributed by atoms with Gasteiger partial charge in [-0.25, -0.2) is 0 Å². The van der Waals surface area contributed by atoms with E-state index in [2.05, 4.69) is 21.9 Å². The molecule has 0 N–H and O–H groups in total. The molecule has 0 saturated carbocycles. The molecule has 0 atom stereocenters. The molecule has 3 nitrogen and oxygen atoms in total. The van der Waals surface area contributed by atoms with Crippen LogP contribution in [0.1, 0.15) is 18.4 Å². The molecule has 0 aliphatic rings. The molecule has 2 aromatic rings. The normalized spacial score (nSPS) is 10.4. The largest absolute Gasteiger partial charge is 0.468 e. The third kappa shape index (κ3) is 3.03. The number of carbonyl (C=O) groups excluding carboxylic acids is 1. The van der Waals surface area contributed by atoms with Crippen LogP contribution in [0, 0.1) is 0 Å². The summed E-state index contributed by atoms with van der Waals surface area (Å²) < 4.78 is 4.67. The van der Waals surface area contributed by atoms with Gasteiger partial charge in [-0.15, -0.1) is 0 Å². The maximum atomic E-state index is 9.98. The summed E-state index contributed by atoms with van der Waals surface area (Å²) in [4.78, 5) is 14.3. The molecule has 0 saturated heterocycles. The van der Waals surface area contributed by atoms with Crippen LogP contribution in [-0.4, -0.2) is 18.1 Å². The van der Waals surface area contributed by atoms with E-state index in [1.54, 1.807) is 0 Å². The minimum Gasteiger partial charge on any atom is -0.468 e. The van der Waals surface area contributed by atoms with Crippen LogP contribution < -0.4 is 0 Å². The lowest BCUT2D eigenvalue weighted by Crippen LogP contribution is -1.94. The number of carbonyl (C=O) groups is 1. The zero-order chi connectivity index (χ0) is 11.9. The van der Waals surface area contributed by atoms with Crippen molar-refractivity contribution in [2.75, 3.05) is 6.61 Å². The number of fused-ring (bicyclic) bond motifs is 1. The number of aromatic nitrogens is 1. The average molecular weight is 229 g/mol. The molecule has 1 heterocycles. The Bertz CT molecular complexity index is 491. The zero-order valence-electron chi connectivity index (χ0n) is 9.63. The molecule has 0 unspecified atom stereocenters. The van der Waals surface area contributed by atoms with Crippen molar-refractivity contribution in [3.63, 3.8) is 0 Å². The lowest BCUT2D eigenvalue weighted by atomic mass is 10.0. The number of para-hydroxylation sites is 1. The maximum absolute atomic E-state index is 9.98. The number of aryl methyl sites for hydroxylation is 1. The van der Waals surface area contributed by atoms with Crippen molar-refractivity contribution < 1.29 is 9.53 Å². The molecular weight excluding hydrogens is 214 g/mol. The minimum atomic E-state index is 0.502. The Balaban J connectivity index is 2.01. The summed E-state index contributed by atoms with van der Waals surface area (Å²) in [6.07, 6.45) is 4.75. The Hall–Kier alpha value is -1.90. The quantitative estimate of drug-likeness (QED) is 0.564. The monoisotopic (exact) mass is 229 g/mol. The third-order valence-electron chi connectivity index (χ3n) is 2.77. The van der Waals surface area contributed by atoms with Crippen molar-refractivity contribution in [2.45, 2.75) is 19.3 Å². The number of unbranched alkanes of at least 4 members (excludes halogenated alkanes) is 1. The van der Waals surface area contributed by atoms with E-state index in [-0.39, 0.29) is 0 Å². The number of benzene rings is 1. The highest BCUT2D eigenvalue weighted by molar-refractivity contribution is 5.81. The Kier molecular flexibility index (Phi) is 4.08. The van der Waals surface area contributed by atoms with Crippen molar-refractivity contribution in [1.82, 2.24) is 4.98 Å². The number of hydrogen-bond donors (Lipinski definition) is 0. The summed E-state index contributed by atoms with van der Waals surface area (Å²) in [5.41, 5.74) is 2.34. The molecule has 0 fully saturated rings. The van der Waals surface area contributed by atoms with Crippen LogP contribution >= 0.6 is 0 Å². The van der Waals surface area contributed by atoms with Crippen molar-refractivity contribution in [2.24, 2.45) is 0 Å². The second-order valence-corrected chi connectivity index (χ2v) is 3.91. The van der Waals surface area contributed by atoms with Crippen LogP contribution in [-0.2, 0) is 16.0 Å². The first kappa shape index (κ1) is 11.6. The second-order valence-electron chi connectivity index (χ2n) is 3.91. The molecule has 88 valence electrons. The van der Waals surface area contributed by atoms with Gasteiger partial charge in [0.2, 0.25) is 0 Å². The fourth-order valence-corrected chi connectivity index (χ4v) is 1.92. The first-order valence-electron chi connectivity index (χ1n) is 5.79. The van der Waals surface area contributed by atoms with Crippen LogP contribution in [0.15, 0.2) is 36.5 Å². The topological polar surface area (TPSA) is 39.2 Å². The molecule has 0 radical (unpaired) electrons. The van der Waals surface area contributed by atoms with E-state index < -0.39 is 0 Å². The molecule has 0 spiro atoms. The molecule has 0 aliphatic heterocycles. The maximum Gasteiger partial charge on any atom is 0.293 e. The molecular formula is C14H15NO2. The Labute approximate surface area is 100 Å². The highest BCUT2D eigenvalue weighted by Gasteiger charge is 2.00. The Morgan fingerprint density at radius 2 is 2.06 bits per heavy atom. The third-order valence-corrected chi connectivity index (χ3v) is 2.77. The van der Waals surface area contributed by atoms with Crippen molar-refractivity contribution in [3.8, 4) is 0 Å². The summed E-state index contributed by atoms with van der Waals surface area (Å²) in [5, 5.41) is 1.21. The van der Waals surface area contributed by atoms with Gasteiger partial charge >= 0.3 is 0 Å². The summed E-state index contributed by atoms with van der Waals surface area (Å²) in [6.45, 7) is 1.01. The lowest BCUT2D eigenvalue weighted by Gasteiger charge is -2.05. The van der Waals surface area contributed by atoms with E-state index in [0.29, 0.717) is 13.1 Å². The zero-order valence-corrected chi connectivity index (χ0v) is 9.63. The molecule has 17 heavy (non-hydrogen) atoms. The number of nitrogens with zero attached hydrogens (tertiary/aromatic N) is 1. The van der Waals surface area contributed by atoms with Gasteiger partial charge in [-0.1, -0.05) is 18.2 Å². The first-order chi connectivity index (χ1) is 8.42. The second kappa shape index (κ2) is 5.99. The van der Waals surface area contributed by atoms with Crippen molar-refractivity contribution >= 4 is 17.4 Å². The standard InChI is InChI=1S/C14H15NO2/c16-11-17-10-4-3-5-12-8-9-15-14-7-2-1-6-13(12)14/h1-2,6-9,11H,3-5,10H2. The molecule has 0 amide bonds. The predicted octanol–water partition coefficient (Wildman–Crippen LogP) is 2.73. The SMILES string of the molecule is O=COCCCCc1ccnc2ccccc12. The summed E-state index contributed by atoms with van der Waals surface area (Å²) in [5.74, 6) is 0. The molecule has 2 rings (SSSR count).